The lowest BCUT2D eigenvalue weighted by Crippen LogP contribution is -2.21. The number of aromatic nitrogens is 1. The lowest BCUT2D eigenvalue weighted by atomic mass is 10.0. The van der Waals surface area contributed by atoms with Gasteiger partial charge < -0.3 is 4.90 Å². The number of benzene rings is 2. The van der Waals surface area contributed by atoms with Crippen molar-refractivity contribution in [2.75, 3.05) is 18.0 Å². The van der Waals surface area contributed by atoms with Crippen molar-refractivity contribution in [2.45, 2.75) is 20.8 Å². The summed E-state index contributed by atoms with van der Waals surface area (Å²) in [4.78, 5) is 6.86. The van der Waals surface area contributed by atoms with Crippen molar-refractivity contribution in [2.24, 2.45) is 0 Å². The van der Waals surface area contributed by atoms with Crippen LogP contribution in [0.2, 0.25) is 0 Å². The molecule has 0 aliphatic carbocycles. The zero-order valence-electron chi connectivity index (χ0n) is 14.7. The van der Waals surface area contributed by atoms with Crippen LogP contribution in [-0.2, 0) is 0 Å². The van der Waals surface area contributed by atoms with Gasteiger partial charge in [0, 0.05) is 30.4 Å². The van der Waals surface area contributed by atoms with Crippen LogP contribution in [0.15, 0.2) is 54.7 Å². The molecule has 2 heteroatoms. The topological polar surface area (TPSA) is 16.1 Å². The van der Waals surface area contributed by atoms with Gasteiger partial charge in [0.15, 0.2) is 0 Å². The summed E-state index contributed by atoms with van der Waals surface area (Å²) in [6.45, 7) is 8.56. The molecule has 1 heterocycles. The molecule has 0 saturated heterocycles. The van der Waals surface area contributed by atoms with Crippen LogP contribution in [-0.4, -0.2) is 18.1 Å². The minimum atomic E-state index is 1.04. The molecule has 3 aromatic rings. The van der Waals surface area contributed by atoms with Gasteiger partial charge in [-0.15, -0.1) is 0 Å². The Hall–Kier alpha value is -2.61. The van der Waals surface area contributed by atoms with Crippen molar-refractivity contribution in [3.8, 4) is 0 Å². The van der Waals surface area contributed by atoms with E-state index >= 15 is 0 Å². The zero-order chi connectivity index (χ0) is 16.9. The number of rotatable bonds is 5. The molecule has 0 amide bonds. The smallest absolute Gasteiger partial charge is 0.0708 e. The number of aryl methyl sites for hydroxylation is 1. The monoisotopic (exact) mass is 316 g/mol. The molecule has 0 unspecified atom stereocenters. The van der Waals surface area contributed by atoms with Crippen LogP contribution in [0.4, 0.5) is 5.69 Å². The fourth-order valence-corrected chi connectivity index (χ4v) is 3.05. The summed E-state index contributed by atoms with van der Waals surface area (Å²) in [5.41, 5.74) is 5.98. The Labute approximate surface area is 144 Å². The molecule has 0 spiro atoms. The van der Waals surface area contributed by atoms with Gasteiger partial charge in [0.2, 0.25) is 0 Å². The lowest BCUT2D eigenvalue weighted by Gasteiger charge is -2.20. The number of hydrogen-bond donors (Lipinski definition) is 0. The Bertz CT molecular complexity index is 843. The van der Waals surface area contributed by atoms with Crippen molar-refractivity contribution in [1.82, 2.24) is 4.98 Å². The van der Waals surface area contributed by atoms with E-state index < -0.39 is 0 Å². The van der Waals surface area contributed by atoms with Crippen molar-refractivity contribution in [3.05, 3.63) is 71.4 Å². The first-order valence-corrected chi connectivity index (χ1v) is 8.60. The van der Waals surface area contributed by atoms with Gasteiger partial charge in [-0.1, -0.05) is 42.5 Å². The second kappa shape index (κ2) is 7.31. The Morgan fingerprint density at radius 1 is 0.917 bits per heavy atom. The van der Waals surface area contributed by atoms with Crippen molar-refractivity contribution in [3.63, 3.8) is 0 Å². The number of anilines is 1. The third kappa shape index (κ3) is 3.33. The average molecular weight is 316 g/mol. The van der Waals surface area contributed by atoms with E-state index in [1.165, 1.54) is 27.8 Å². The number of fused-ring (bicyclic) bond motifs is 1. The van der Waals surface area contributed by atoms with Crippen molar-refractivity contribution < 1.29 is 0 Å². The maximum absolute atomic E-state index is 4.51. The van der Waals surface area contributed by atoms with Crippen LogP contribution >= 0.6 is 0 Å². The number of pyridine rings is 1. The minimum absolute atomic E-state index is 1.04. The summed E-state index contributed by atoms with van der Waals surface area (Å²) in [5, 5.41) is 1.20. The van der Waals surface area contributed by atoms with Crippen LogP contribution in [0.3, 0.4) is 0 Å². The van der Waals surface area contributed by atoms with Gasteiger partial charge in [0.05, 0.1) is 5.52 Å². The number of nitrogens with zero attached hydrogens (tertiary/aromatic N) is 2. The lowest BCUT2D eigenvalue weighted by molar-refractivity contribution is 0.866. The van der Waals surface area contributed by atoms with E-state index in [0.717, 1.165) is 18.6 Å². The summed E-state index contributed by atoms with van der Waals surface area (Å²) in [5.74, 6) is 0. The zero-order valence-corrected chi connectivity index (χ0v) is 14.7. The minimum Gasteiger partial charge on any atom is -0.372 e. The largest absolute Gasteiger partial charge is 0.372 e. The van der Waals surface area contributed by atoms with E-state index in [2.05, 4.69) is 85.3 Å². The molecule has 3 rings (SSSR count). The molecule has 0 bridgehead atoms. The van der Waals surface area contributed by atoms with Crippen LogP contribution < -0.4 is 4.90 Å². The van der Waals surface area contributed by atoms with Crippen LogP contribution in [0, 0.1) is 6.92 Å². The van der Waals surface area contributed by atoms with Crippen LogP contribution in [0.25, 0.3) is 23.1 Å². The molecule has 2 aromatic carbocycles. The van der Waals surface area contributed by atoms with E-state index in [1.807, 2.05) is 12.3 Å². The molecular weight excluding hydrogens is 292 g/mol. The van der Waals surface area contributed by atoms with Gasteiger partial charge in [0.25, 0.3) is 0 Å². The molecule has 0 atom stereocenters. The second-order valence-corrected chi connectivity index (χ2v) is 5.97. The first-order chi connectivity index (χ1) is 11.7. The molecule has 0 N–H and O–H groups in total. The predicted octanol–water partition coefficient (Wildman–Crippen LogP) is 5.56. The van der Waals surface area contributed by atoms with Gasteiger partial charge in [-0.25, -0.2) is 0 Å². The SMILES string of the molecule is CCN(CC)c1ccc(/C=C/c2c(C)cnc3ccccc23)cc1. The quantitative estimate of drug-likeness (QED) is 0.612. The van der Waals surface area contributed by atoms with Gasteiger partial charge in [-0.2, -0.15) is 0 Å². The number of para-hydroxylation sites is 1. The van der Waals surface area contributed by atoms with Crippen molar-refractivity contribution >= 4 is 28.7 Å². The summed E-state index contributed by atoms with van der Waals surface area (Å²) in [6.07, 6.45) is 6.33. The summed E-state index contributed by atoms with van der Waals surface area (Å²) >= 11 is 0. The highest BCUT2D eigenvalue weighted by atomic mass is 15.1. The van der Waals surface area contributed by atoms with Crippen molar-refractivity contribution in [1.29, 1.82) is 0 Å². The average Bonchev–Trinajstić information content (AvgIpc) is 2.63. The standard InChI is InChI=1S/C22H24N2/c1-4-24(5-2)19-13-10-18(11-14-19)12-15-20-17(3)16-23-22-9-7-6-8-21(20)22/h6-16H,4-5H2,1-3H3/b15-12+. The third-order valence-electron chi connectivity index (χ3n) is 4.48. The maximum Gasteiger partial charge on any atom is 0.0708 e. The highest BCUT2D eigenvalue weighted by molar-refractivity contribution is 5.91. The second-order valence-electron chi connectivity index (χ2n) is 5.97. The Balaban J connectivity index is 1.90. The molecule has 1 aromatic heterocycles. The summed E-state index contributed by atoms with van der Waals surface area (Å²) in [6, 6.07) is 17.1. The van der Waals surface area contributed by atoms with E-state index in [4.69, 9.17) is 0 Å². The fraction of sp³-hybridized carbons (Fsp3) is 0.227. The Morgan fingerprint density at radius 3 is 2.33 bits per heavy atom. The highest BCUT2D eigenvalue weighted by Gasteiger charge is 2.03. The van der Waals surface area contributed by atoms with Gasteiger partial charge >= 0.3 is 0 Å². The molecular formula is C22H24N2. The van der Waals surface area contributed by atoms with Gasteiger partial charge in [0.1, 0.15) is 0 Å². The molecule has 0 fully saturated rings. The van der Waals surface area contributed by atoms with E-state index in [0.29, 0.717) is 0 Å². The summed E-state index contributed by atoms with van der Waals surface area (Å²) in [7, 11) is 0. The molecule has 0 radical (unpaired) electrons. The predicted molar refractivity (Wildman–Crippen MR) is 105 cm³/mol. The van der Waals surface area contributed by atoms with E-state index in [1.54, 1.807) is 0 Å². The highest BCUT2D eigenvalue weighted by Crippen LogP contribution is 2.23. The molecule has 122 valence electrons. The van der Waals surface area contributed by atoms with E-state index in [-0.39, 0.29) is 0 Å². The van der Waals surface area contributed by atoms with Crippen LogP contribution in [0.1, 0.15) is 30.5 Å². The molecule has 0 saturated carbocycles. The molecule has 0 aliphatic heterocycles. The molecule has 2 nitrogen and oxygen atoms in total. The third-order valence-corrected chi connectivity index (χ3v) is 4.48. The van der Waals surface area contributed by atoms with Crippen LogP contribution in [0.5, 0.6) is 0 Å². The Kier molecular flexibility index (Phi) is 4.95. The first kappa shape index (κ1) is 16.3. The number of hydrogen-bond acceptors (Lipinski definition) is 2. The molecule has 0 aliphatic rings. The van der Waals surface area contributed by atoms with Gasteiger partial charge in [-0.05, 0) is 55.7 Å². The maximum atomic E-state index is 4.51. The van der Waals surface area contributed by atoms with E-state index in [9.17, 15) is 0 Å². The molecule has 24 heavy (non-hydrogen) atoms. The Morgan fingerprint density at radius 2 is 1.62 bits per heavy atom. The normalized spacial score (nSPS) is 11.3. The van der Waals surface area contributed by atoms with Gasteiger partial charge in [-0.3, -0.25) is 4.98 Å². The summed E-state index contributed by atoms with van der Waals surface area (Å²) < 4.78 is 0. The fourth-order valence-electron chi connectivity index (χ4n) is 3.05. The first-order valence-electron chi connectivity index (χ1n) is 8.60.